The molecule has 234 valence electrons. The third-order valence-electron chi connectivity index (χ3n) is 8.39. The summed E-state index contributed by atoms with van der Waals surface area (Å²) in [5.74, 6) is 2.14. The predicted molar refractivity (Wildman–Crippen MR) is 171 cm³/mol. The number of esters is 1. The second-order valence-electron chi connectivity index (χ2n) is 12.3. The number of halogens is 1. The summed E-state index contributed by atoms with van der Waals surface area (Å²) >= 11 is 0. The number of nitrogens with zero attached hydrogens (tertiary/aromatic N) is 2. The topological polar surface area (TPSA) is 99.4 Å². The molecule has 6 rings (SSSR count). The Balaban J connectivity index is 1.48. The molecule has 0 saturated heterocycles. The Morgan fingerprint density at radius 1 is 1.09 bits per heavy atom. The van der Waals surface area contributed by atoms with Crippen molar-refractivity contribution in [2.24, 2.45) is 7.05 Å². The molecule has 45 heavy (non-hydrogen) atoms. The number of carbonyl (C=O) groups is 1. The number of hydrogen-bond acceptors (Lipinski definition) is 6. The van der Waals surface area contributed by atoms with Crippen LogP contribution < -0.4 is 10.3 Å². The molecule has 0 bridgehead atoms. The summed E-state index contributed by atoms with van der Waals surface area (Å²) in [4.78, 5) is 34.1. The number of aromatic nitrogens is 3. The Bertz CT molecular complexity index is 1920. The molecule has 1 fully saturated rings. The lowest BCUT2D eigenvalue weighted by Crippen LogP contribution is -2.16. The molecule has 3 heterocycles. The number of ether oxygens (including phenoxy) is 2. The fraction of sp³-hybridized carbons (Fsp3) is 0.361. The van der Waals surface area contributed by atoms with Crippen LogP contribution >= 0.6 is 0 Å². The molecule has 1 aliphatic carbocycles. The number of aryl methyl sites for hydroxylation is 3. The van der Waals surface area contributed by atoms with Gasteiger partial charge in [-0.3, -0.25) is 9.59 Å². The van der Waals surface area contributed by atoms with Crippen LogP contribution in [0.25, 0.3) is 33.6 Å². The first-order valence-corrected chi connectivity index (χ1v) is 15.5. The van der Waals surface area contributed by atoms with Crippen molar-refractivity contribution in [1.82, 2.24) is 14.5 Å². The molecule has 0 unspecified atom stereocenters. The van der Waals surface area contributed by atoms with Gasteiger partial charge in [-0.1, -0.05) is 25.3 Å². The molecule has 3 aromatic heterocycles. The zero-order valence-electron chi connectivity index (χ0n) is 26.3. The SMILES string of the molecule is Cc1cc(F)cc(C)c1Oc1ccc(CC(=O)OC(C)C)cc1-c1cn(C)c(=O)c2cc(-c3cnc(C4CCCCC4)[nH]3)oc12. The van der Waals surface area contributed by atoms with Crippen molar-refractivity contribution >= 4 is 16.9 Å². The average Bonchev–Trinajstić information content (AvgIpc) is 3.66. The van der Waals surface area contributed by atoms with Crippen LogP contribution in [0.15, 0.2) is 58.0 Å². The number of nitrogens with one attached hydrogen (secondary N) is 1. The molecule has 1 aliphatic rings. The second kappa shape index (κ2) is 12.4. The van der Waals surface area contributed by atoms with Crippen molar-refractivity contribution in [3.63, 3.8) is 0 Å². The molecule has 0 amide bonds. The zero-order valence-corrected chi connectivity index (χ0v) is 26.3. The largest absolute Gasteiger partial charge is 0.463 e. The van der Waals surface area contributed by atoms with E-state index < -0.39 is 0 Å². The van der Waals surface area contributed by atoms with E-state index in [0.29, 0.717) is 67.7 Å². The van der Waals surface area contributed by atoms with Crippen LogP contribution in [0.2, 0.25) is 0 Å². The van der Waals surface area contributed by atoms with Crippen molar-refractivity contribution in [1.29, 1.82) is 0 Å². The van der Waals surface area contributed by atoms with Gasteiger partial charge in [0.15, 0.2) is 5.76 Å². The van der Waals surface area contributed by atoms with Gasteiger partial charge in [0.05, 0.1) is 24.1 Å². The highest BCUT2D eigenvalue weighted by Gasteiger charge is 2.23. The van der Waals surface area contributed by atoms with Gasteiger partial charge in [0.2, 0.25) is 0 Å². The van der Waals surface area contributed by atoms with E-state index >= 15 is 0 Å². The Labute approximate surface area is 261 Å². The fourth-order valence-electron chi connectivity index (χ4n) is 6.25. The highest BCUT2D eigenvalue weighted by atomic mass is 19.1. The predicted octanol–water partition coefficient (Wildman–Crippen LogP) is 8.28. The quantitative estimate of drug-likeness (QED) is 0.177. The maximum absolute atomic E-state index is 14.1. The third-order valence-corrected chi connectivity index (χ3v) is 8.39. The molecule has 0 atom stereocenters. The monoisotopic (exact) mass is 611 g/mol. The van der Waals surface area contributed by atoms with Gasteiger partial charge in [-0.15, -0.1) is 0 Å². The molecule has 8 nitrogen and oxygen atoms in total. The maximum Gasteiger partial charge on any atom is 0.310 e. The molecule has 1 saturated carbocycles. The maximum atomic E-state index is 14.1. The number of imidazole rings is 1. The normalized spacial score (nSPS) is 13.9. The molecular weight excluding hydrogens is 573 g/mol. The first kappa shape index (κ1) is 30.4. The van der Waals surface area contributed by atoms with Gasteiger partial charge >= 0.3 is 5.97 Å². The first-order chi connectivity index (χ1) is 21.6. The number of benzene rings is 2. The number of furan rings is 1. The van der Waals surface area contributed by atoms with Crippen LogP contribution in [-0.2, 0) is 23.0 Å². The first-order valence-electron chi connectivity index (χ1n) is 15.5. The lowest BCUT2D eigenvalue weighted by atomic mass is 9.89. The van der Waals surface area contributed by atoms with Gasteiger partial charge in [0, 0.05) is 30.3 Å². The summed E-state index contributed by atoms with van der Waals surface area (Å²) in [6.07, 6.45) is 9.14. The lowest BCUT2D eigenvalue weighted by Gasteiger charge is -2.19. The van der Waals surface area contributed by atoms with Crippen molar-refractivity contribution in [2.45, 2.75) is 78.2 Å². The summed E-state index contributed by atoms with van der Waals surface area (Å²) in [6.45, 7) is 7.19. The summed E-state index contributed by atoms with van der Waals surface area (Å²) in [5, 5.41) is 0.406. The van der Waals surface area contributed by atoms with Gasteiger partial charge in [-0.25, -0.2) is 9.37 Å². The minimum atomic E-state index is -0.353. The Hall–Kier alpha value is -4.66. The van der Waals surface area contributed by atoms with Crippen molar-refractivity contribution in [3.05, 3.63) is 87.5 Å². The molecule has 2 aromatic carbocycles. The Morgan fingerprint density at radius 2 is 1.82 bits per heavy atom. The molecule has 0 spiro atoms. The zero-order chi connectivity index (χ0) is 31.8. The number of carbonyl (C=O) groups excluding carboxylic acids is 1. The standard InChI is InChI=1S/C36H38FN3O5/c1-20(2)43-32(41)16-23-11-12-30(44-33-21(3)13-25(37)14-22(33)4)26(15-23)28-19-40(5)36(42)27-17-31(45-34(27)28)29-18-38-35(39-29)24-9-7-6-8-10-24/h11-15,17-20,24H,6-10,16H2,1-5H3,(H,38,39). The summed E-state index contributed by atoms with van der Waals surface area (Å²) < 4.78 is 33.9. The fourth-order valence-corrected chi connectivity index (χ4v) is 6.25. The molecule has 0 aliphatic heterocycles. The Kier molecular flexibility index (Phi) is 8.36. The van der Waals surface area contributed by atoms with Crippen LogP contribution in [0.4, 0.5) is 4.39 Å². The number of hydrogen-bond donors (Lipinski definition) is 1. The number of pyridine rings is 1. The number of aromatic amines is 1. The Morgan fingerprint density at radius 3 is 2.53 bits per heavy atom. The summed E-state index contributed by atoms with van der Waals surface area (Å²) in [6, 6.07) is 10.0. The van der Waals surface area contributed by atoms with Gasteiger partial charge in [0.25, 0.3) is 5.56 Å². The molecule has 9 heteroatoms. The van der Waals surface area contributed by atoms with E-state index in [1.807, 2.05) is 6.07 Å². The van der Waals surface area contributed by atoms with Crippen LogP contribution in [0.1, 0.15) is 74.4 Å². The lowest BCUT2D eigenvalue weighted by molar-refractivity contribution is -0.146. The van der Waals surface area contributed by atoms with Crippen molar-refractivity contribution in [2.75, 3.05) is 0 Å². The van der Waals surface area contributed by atoms with Crippen LogP contribution in [0, 0.1) is 19.7 Å². The van der Waals surface area contributed by atoms with E-state index in [1.165, 1.54) is 36.0 Å². The average molecular weight is 612 g/mol. The van der Waals surface area contributed by atoms with Crippen LogP contribution in [0.5, 0.6) is 11.5 Å². The minimum absolute atomic E-state index is 0.0520. The van der Waals surface area contributed by atoms with Crippen molar-refractivity contribution < 1.29 is 23.1 Å². The van der Waals surface area contributed by atoms with Gasteiger partial charge in [-0.2, -0.15) is 0 Å². The van der Waals surface area contributed by atoms with Crippen molar-refractivity contribution in [3.8, 4) is 34.1 Å². The van der Waals surface area contributed by atoms with Gasteiger partial charge in [-0.05, 0) is 87.6 Å². The van der Waals surface area contributed by atoms with Crippen LogP contribution in [-0.4, -0.2) is 26.6 Å². The molecule has 0 radical (unpaired) electrons. The number of rotatable bonds is 8. The van der Waals surface area contributed by atoms with Gasteiger partial charge < -0.3 is 23.4 Å². The number of H-pyrrole nitrogens is 1. The molecule has 1 N–H and O–H groups in total. The summed E-state index contributed by atoms with van der Waals surface area (Å²) in [7, 11) is 1.69. The van der Waals surface area contributed by atoms with Crippen LogP contribution in [0.3, 0.4) is 0 Å². The molecular formula is C36H38FN3O5. The number of fused-ring (bicyclic) bond motifs is 1. The smallest absolute Gasteiger partial charge is 0.310 e. The van der Waals surface area contributed by atoms with E-state index in [0.717, 1.165) is 18.7 Å². The van der Waals surface area contributed by atoms with Gasteiger partial charge in [0.1, 0.15) is 34.4 Å². The van der Waals surface area contributed by atoms with E-state index in [1.54, 1.807) is 65.3 Å². The van der Waals surface area contributed by atoms with E-state index in [9.17, 15) is 14.0 Å². The van der Waals surface area contributed by atoms with E-state index in [-0.39, 0.29) is 29.9 Å². The highest BCUT2D eigenvalue weighted by Crippen LogP contribution is 2.41. The minimum Gasteiger partial charge on any atom is -0.463 e. The molecule has 5 aromatic rings. The highest BCUT2D eigenvalue weighted by molar-refractivity contribution is 5.95. The van der Waals surface area contributed by atoms with E-state index in [4.69, 9.17) is 13.9 Å². The third kappa shape index (κ3) is 6.30. The van der Waals surface area contributed by atoms with E-state index in [2.05, 4.69) is 9.97 Å². The summed E-state index contributed by atoms with van der Waals surface area (Å²) in [5.41, 5.74) is 4.10. The second-order valence-corrected chi connectivity index (χ2v) is 12.3.